The summed E-state index contributed by atoms with van der Waals surface area (Å²) >= 11 is 0. The Balaban J connectivity index is 1.35. The molecule has 0 aliphatic carbocycles. The summed E-state index contributed by atoms with van der Waals surface area (Å²) in [6.07, 6.45) is 5.35. The molecule has 1 atom stereocenters. The molecule has 1 unspecified atom stereocenters. The fourth-order valence-electron chi connectivity index (χ4n) is 5.35. The normalized spacial score (nSPS) is 19.8. The van der Waals surface area contributed by atoms with Crippen molar-refractivity contribution in [2.45, 2.75) is 38.3 Å². The zero-order chi connectivity index (χ0) is 22.6. The lowest BCUT2D eigenvalue weighted by Crippen LogP contribution is -2.48. The Kier molecular flexibility index (Phi) is 6.44. The molecule has 3 heterocycles. The lowest BCUT2D eigenvalue weighted by atomic mass is 9.96. The fraction of sp³-hybridized carbons (Fsp3) is 0.407. The lowest BCUT2D eigenvalue weighted by molar-refractivity contribution is 0.212. The van der Waals surface area contributed by atoms with E-state index in [0.29, 0.717) is 6.04 Å². The number of hydrogen-bond donors (Lipinski definition) is 1. The predicted octanol–water partition coefficient (Wildman–Crippen LogP) is 4.35. The van der Waals surface area contributed by atoms with Crippen molar-refractivity contribution < 1.29 is 0 Å². The molecular weight excluding hydrogens is 408 g/mol. The number of piperidine rings is 1. The second-order valence-corrected chi connectivity index (χ2v) is 9.22. The van der Waals surface area contributed by atoms with Gasteiger partial charge in [0.2, 0.25) is 0 Å². The molecule has 5 rings (SSSR count). The van der Waals surface area contributed by atoms with Gasteiger partial charge in [0.1, 0.15) is 12.0 Å². The van der Waals surface area contributed by atoms with Gasteiger partial charge in [0.15, 0.2) is 11.6 Å². The second kappa shape index (κ2) is 9.79. The van der Waals surface area contributed by atoms with Gasteiger partial charge < -0.3 is 15.5 Å². The first-order valence-electron chi connectivity index (χ1n) is 12.2. The summed E-state index contributed by atoms with van der Waals surface area (Å²) in [6, 6.07) is 22.4. The van der Waals surface area contributed by atoms with Crippen LogP contribution in [0.3, 0.4) is 0 Å². The highest BCUT2D eigenvalue weighted by molar-refractivity contribution is 5.76. The molecule has 2 aromatic carbocycles. The molecule has 2 aliphatic heterocycles. The van der Waals surface area contributed by atoms with Crippen molar-refractivity contribution in [1.29, 1.82) is 0 Å². The van der Waals surface area contributed by atoms with E-state index < -0.39 is 0 Å². The first-order valence-corrected chi connectivity index (χ1v) is 12.2. The number of anilines is 3. The third-order valence-corrected chi connectivity index (χ3v) is 7.13. The van der Waals surface area contributed by atoms with E-state index in [9.17, 15) is 0 Å². The SMILES string of the molecule is CC1CCCCN1c1ncnc(N2CCN(C(c3ccccc3)c3ccccc3)CC2)c1N. The minimum Gasteiger partial charge on any atom is -0.393 e. The van der Waals surface area contributed by atoms with E-state index >= 15 is 0 Å². The van der Waals surface area contributed by atoms with Crippen molar-refractivity contribution in [3.63, 3.8) is 0 Å². The Morgan fingerprint density at radius 3 is 2.00 bits per heavy atom. The van der Waals surface area contributed by atoms with Crippen molar-refractivity contribution >= 4 is 17.3 Å². The molecule has 2 fully saturated rings. The zero-order valence-electron chi connectivity index (χ0n) is 19.5. The monoisotopic (exact) mass is 442 g/mol. The Labute approximate surface area is 197 Å². The molecule has 0 amide bonds. The van der Waals surface area contributed by atoms with Gasteiger partial charge in [-0.3, -0.25) is 4.90 Å². The molecule has 2 aliphatic rings. The summed E-state index contributed by atoms with van der Waals surface area (Å²) in [7, 11) is 0. The fourth-order valence-corrected chi connectivity index (χ4v) is 5.35. The molecule has 6 nitrogen and oxygen atoms in total. The average molecular weight is 443 g/mol. The molecule has 0 radical (unpaired) electrons. The van der Waals surface area contributed by atoms with Crippen LogP contribution in [0.25, 0.3) is 0 Å². The Bertz CT molecular complexity index is 993. The van der Waals surface area contributed by atoms with Gasteiger partial charge in [-0.25, -0.2) is 9.97 Å². The molecule has 0 saturated carbocycles. The Morgan fingerprint density at radius 2 is 1.39 bits per heavy atom. The van der Waals surface area contributed by atoms with Gasteiger partial charge >= 0.3 is 0 Å². The molecule has 172 valence electrons. The largest absolute Gasteiger partial charge is 0.393 e. The van der Waals surface area contributed by atoms with Gasteiger partial charge in [-0.1, -0.05) is 60.7 Å². The van der Waals surface area contributed by atoms with E-state index in [-0.39, 0.29) is 6.04 Å². The minimum absolute atomic E-state index is 0.252. The molecule has 6 heteroatoms. The summed E-state index contributed by atoms with van der Waals surface area (Å²) in [4.78, 5) is 16.5. The first-order chi connectivity index (χ1) is 16.2. The Hall–Kier alpha value is -3.12. The highest BCUT2D eigenvalue weighted by Gasteiger charge is 2.29. The van der Waals surface area contributed by atoms with Gasteiger partial charge in [-0.2, -0.15) is 0 Å². The van der Waals surface area contributed by atoms with Crippen LogP contribution in [0.15, 0.2) is 67.0 Å². The van der Waals surface area contributed by atoms with Crippen LogP contribution in [0.1, 0.15) is 43.4 Å². The van der Waals surface area contributed by atoms with E-state index in [2.05, 4.69) is 92.3 Å². The molecule has 3 aromatic rings. The van der Waals surface area contributed by atoms with Crippen LogP contribution in [-0.2, 0) is 0 Å². The van der Waals surface area contributed by atoms with E-state index in [1.165, 1.54) is 30.4 Å². The summed E-state index contributed by atoms with van der Waals surface area (Å²) in [5.41, 5.74) is 10.1. The third kappa shape index (κ3) is 4.53. The smallest absolute Gasteiger partial charge is 0.157 e. The van der Waals surface area contributed by atoms with E-state index in [1.807, 2.05) is 0 Å². The van der Waals surface area contributed by atoms with E-state index in [4.69, 9.17) is 5.73 Å². The zero-order valence-corrected chi connectivity index (χ0v) is 19.5. The van der Waals surface area contributed by atoms with Gasteiger partial charge in [0.05, 0.1) is 6.04 Å². The average Bonchev–Trinajstić information content (AvgIpc) is 2.87. The quantitative estimate of drug-likeness (QED) is 0.634. The predicted molar refractivity (Wildman–Crippen MR) is 136 cm³/mol. The number of piperazine rings is 1. The summed E-state index contributed by atoms with van der Waals surface area (Å²) in [5, 5.41) is 0. The van der Waals surface area contributed by atoms with Gasteiger partial charge in [-0.15, -0.1) is 0 Å². The van der Waals surface area contributed by atoms with Gasteiger partial charge in [0, 0.05) is 38.8 Å². The highest BCUT2D eigenvalue weighted by atomic mass is 15.3. The van der Waals surface area contributed by atoms with Crippen LogP contribution < -0.4 is 15.5 Å². The number of rotatable bonds is 5. The topological polar surface area (TPSA) is 61.5 Å². The standard InChI is InChI=1S/C27H34N6/c1-21-10-8-9-15-33(21)27-24(28)26(29-20-30-27)32-18-16-31(17-19-32)25(22-11-4-2-5-12-22)23-13-6-3-7-14-23/h2-7,11-14,20-21,25H,8-10,15-19,28H2,1H3. The van der Waals surface area contributed by atoms with Crippen LogP contribution in [0.4, 0.5) is 17.3 Å². The summed E-state index contributed by atoms with van der Waals surface area (Å²) < 4.78 is 0. The van der Waals surface area contributed by atoms with Crippen molar-refractivity contribution in [3.05, 3.63) is 78.1 Å². The summed E-state index contributed by atoms with van der Waals surface area (Å²) in [5.74, 6) is 1.79. The van der Waals surface area contributed by atoms with Crippen molar-refractivity contribution in [1.82, 2.24) is 14.9 Å². The molecule has 2 N–H and O–H groups in total. The molecule has 2 saturated heterocycles. The van der Waals surface area contributed by atoms with Crippen molar-refractivity contribution in [3.8, 4) is 0 Å². The third-order valence-electron chi connectivity index (χ3n) is 7.13. The number of benzene rings is 2. The molecular formula is C27H34N6. The van der Waals surface area contributed by atoms with Crippen LogP contribution >= 0.6 is 0 Å². The van der Waals surface area contributed by atoms with Crippen molar-refractivity contribution in [2.24, 2.45) is 0 Å². The van der Waals surface area contributed by atoms with Crippen LogP contribution in [0, 0.1) is 0 Å². The second-order valence-electron chi connectivity index (χ2n) is 9.22. The number of nitrogen functional groups attached to an aromatic ring is 1. The van der Waals surface area contributed by atoms with Crippen molar-refractivity contribution in [2.75, 3.05) is 48.3 Å². The molecule has 33 heavy (non-hydrogen) atoms. The van der Waals surface area contributed by atoms with Crippen LogP contribution in [0.2, 0.25) is 0 Å². The molecule has 1 aromatic heterocycles. The van der Waals surface area contributed by atoms with E-state index in [0.717, 1.165) is 50.0 Å². The van der Waals surface area contributed by atoms with Gasteiger partial charge in [0.25, 0.3) is 0 Å². The maximum atomic E-state index is 6.66. The maximum Gasteiger partial charge on any atom is 0.157 e. The minimum atomic E-state index is 0.252. The Morgan fingerprint density at radius 1 is 0.788 bits per heavy atom. The number of hydrogen-bond acceptors (Lipinski definition) is 6. The van der Waals surface area contributed by atoms with Gasteiger partial charge in [-0.05, 0) is 37.3 Å². The van der Waals surface area contributed by atoms with Crippen LogP contribution in [0.5, 0.6) is 0 Å². The molecule has 0 bridgehead atoms. The maximum absolute atomic E-state index is 6.66. The molecule has 0 spiro atoms. The number of nitrogens with two attached hydrogens (primary N) is 1. The van der Waals surface area contributed by atoms with E-state index in [1.54, 1.807) is 6.33 Å². The number of aromatic nitrogens is 2. The highest BCUT2D eigenvalue weighted by Crippen LogP contribution is 2.35. The summed E-state index contributed by atoms with van der Waals surface area (Å²) in [6.45, 7) is 6.98. The van der Waals surface area contributed by atoms with Crippen LogP contribution in [-0.4, -0.2) is 53.6 Å². The lowest BCUT2D eigenvalue weighted by Gasteiger charge is -2.41. The first kappa shape index (κ1) is 21.7. The number of nitrogens with zero attached hydrogens (tertiary/aromatic N) is 5.